The second-order valence-electron chi connectivity index (χ2n) is 4.73. The number of ether oxygens (including phenoxy) is 1. The maximum atomic E-state index is 10.3. The molecule has 0 saturated heterocycles. The minimum atomic E-state index is -0.582. The number of anilines is 1. The van der Waals surface area contributed by atoms with E-state index in [1.807, 2.05) is 30.3 Å². The van der Waals surface area contributed by atoms with E-state index in [1.54, 1.807) is 12.3 Å². The largest absolute Gasteiger partial charge is 0.494 e. The Morgan fingerprint density at radius 1 is 1.30 bits per heavy atom. The number of aliphatic hydroxyl groups excluding tert-OH is 1. The van der Waals surface area contributed by atoms with Crippen LogP contribution in [0.3, 0.4) is 0 Å². The van der Waals surface area contributed by atoms with Crippen LogP contribution in [0.15, 0.2) is 42.6 Å². The first-order valence-corrected chi connectivity index (χ1v) is 6.80. The van der Waals surface area contributed by atoms with Crippen LogP contribution < -0.4 is 10.5 Å². The molecule has 4 heteroatoms. The Morgan fingerprint density at radius 3 is 2.90 bits per heavy atom. The molecule has 0 aliphatic carbocycles. The highest BCUT2D eigenvalue weighted by Gasteiger charge is 2.10. The van der Waals surface area contributed by atoms with Crippen LogP contribution in [0.5, 0.6) is 5.75 Å². The summed E-state index contributed by atoms with van der Waals surface area (Å²) < 4.78 is 5.57. The fourth-order valence-electron chi connectivity index (χ4n) is 1.99. The molecule has 0 amide bonds. The normalized spacial score (nSPS) is 12.1. The number of aromatic nitrogens is 1. The van der Waals surface area contributed by atoms with E-state index >= 15 is 0 Å². The van der Waals surface area contributed by atoms with Crippen molar-refractivity contribution in [2.24, 2.45) is 0 Å². The molecule has 2 aromatic rings. The first-order chi connectivity index (χ1) is 9.69. The number of benzene rings is 1. The molecule has 1 atom stereocenters. The van der Waals surface area contributed by atoms with Crippen molar-refractivity contribution in [3.8, 4) is 5.75 Å². The SMILES string of the molecule is CCCOc1cccc(C(O)Cc2ccnc(N)c2)c1. The lowest BCUT2D eigenvalue weighted by Crippen LogP contribution is -2.03. The fraction of sp³-hybridized carbons (Fsp3) is 0.312. The summed E-state index contributed by atoms with van der Waals surface area (Å²) in [6.07, 6.45) is 2.53. The van der Waals surface area contributed by atoms with Gasteiger partial charge in [0.25, 0.3) is 0 Å². The van der Waals surface area contributed by atoms with Gasteiger partial charge >= 0.3 is 0 Å². The monoisotopic (exact) mass is 272 g/mol. The maximum Gasteiger partial charge on any atom is 0.123 e. The molecule has 3 N–H and O–H groups in total. The van der Waals surface area contributed by atoms with Gasteiger partial charge in [0.1, 0.15) is 11.6 Å². The number of nitrogens with zero attached hydrogens (tertiary/aromatic N) is 1. The Kier molecular flexibility index (Phi) is 4.96. The highest BCUT2D eigenvalue weighted by Crippen LogP contribution is 2.22. The molecule has 0 radical (unpaired) electrons. The zero-order valence-corrected chi connectivity index (χ0v) is 11.6. The van der Waals surface area contributed by atoms with E-state index < -0.39 is 6.10 Å². The second kappa shape index (κ2) is 6.91. The van der Waals surface area contributed by atoms with Gasteiger partial charge in [-0.25, -0.2) is 4.98 Å². The van der Waals surface area contributed by atoms with Crippen LogP contribution in [0.1, 0.15) is 30.6 Å². The number of aliphatic hydroxyl groups is 1. The van der Waals surface area contributed by atoms with Crippen molar-refractivity contribution < 1.29 is 9.84 Å². The molecule has 0 aliphatic rings. The Morgan fingerprint density at radius 2 is 2.15 bits per heavy atom. The summed E-state index contributed by atoms with van der Waals surface area (Å²) in [5, 5.41) is 10.3. The molecule has 106 valence electrons. The molecule has 0 spiro atoms. The summed E-state index contributed by atoms with van der Waals surface area (Å²) in [6.45, 7) is 2.74. The van der Waals surface area contributed by atoms with Crippen LogP contribution >= 0.6 is 0 Å². The topological polar surface area (TPSA) is 68.4 Å². The summed E-state index contributed by atoms with van der Waals surface area (Å²) in [6, 6.07) is 11.2. The lowest BCUT2D eigenvalue weighted by Gasteiger charge is -2.13. The third-order valence-corrected chi connectivity index (χ3v) is 2.99. The van der Waals surface area contributed by atoms with Gasteiger partial charge in [0.15, 0.2) is 0 Å². The van der Waals surface area contributed by atoms with E-state index in [4.69, 9.17) is 10.5 Å². The van der Waals surface area contributed by atoms with E-state index in [0.717, 1.165) is 23.3 Å². The zero-order valence-electron chi connectivity index (χ0n) is 11.6. The van der Waals surface area contributed by atoms with Crippen LogP contribution in [0.4, 0.5) is 5.82 Å². The van der Waals surface area contributed by atoms with Crippen LogP contribution in [0, 0.1) is 0 Å². The third kappa shape index (κ3) is 3.96. The first kappa shape index (κ1) is 14.3. The Balaban J connectivity index is 2.06. The van der Waals surface area contributed by atoms with E-state index in [0.29, 0.717) is 18.8 Å². The molecule has 1 unspecified atom stereocenters. The average molecular weight is 272 g/mol. The van der Waals surface area contributed by atoms with Crippen molar-refractivity contribution >= 4 is 5.82 Å². The first-order valence-electron chi connectivity index (χ1n) is 6.80. The van der Waals surface area contributed by atoms with Gasteiger partial charge in [-0.3, -0.25) is 0 Å². The van der Waals surface area contributed by atoms with E-state index in [2.05, 4.69) is 11.9 Å². The molecule has 2 rings (SSSR count). The Bertz CT molecular complexity index is 558. The number of rotatable bonds is 6. The zero-order chi connectivity index (χ0) is 14.4. The predicted octanol–water partition coefficient (Wildman–Crippen LogP) is 2.73. The molecule has 4 nitrogen and oxygen atoms in total. The Labute approximate surface area is 119 Å². The van der Waals surface area contributed by atoms with Crippen molar-refractivity contribution in [2.45, 2.75) is 25.9 Å². The van der Waals surface area contributed by atoms with Crippen LogP contribution in [0.2, 0.25) is 0 Å². The van der Waals surface area contributed by atoms with Crippen LogP contribution in [0.25, 0.3) is 0 Å². The van der Waals surface area contributed by atoms with Gasteiger partial charge in [-0.2, -0.15) is 0 Å². The summed E-state index contributed by atoms with van der Waals surface area (Å²) >= 11 is 0. The molecule has 0 saturated carbocycles. The van der Waals surface area contributed by atoms with Gasteiger partial charge in [0.2, 0.25) is 0 Å². The number of hydrogen-bond donors (Lipinski definition) is 2. The quantitative estimate of drug-likeness (QED) is 0.848. The van der Waals surface area contributed by atoms with Gasteiger partial charge in [-0.05, 0) is 41.8 Å². The lowest BCUT2D eigenvalue weighted by atomic mass is 10.0. The summed E-state index contributed by atoms with van der Waals surface area (Å²) in [7, 11) is 0. The Hall–Kier alpha value is -2.07. The molecule has 1 heterocycles. The molecule has 1 aromatic heterocycles. The fourth-order valence-corrected chi connectivity index (χ4v) is 1.99. The number of hydrogen-bond acceptors (Lipinski definition) is 4. The summed E-state index contributed by atoms with van der Waals surface area (Å²) in [5.74, 6) is 1.26. The second-order valence-corrected chi connectivity index (χ2v) is 4.73. The number of nitrogens with two attached hydrogens (primary N) is 1. The highest BCUT2D eigenvalue weighted by atomic mass is 16.5. The van der Waals surface area contributed by atoms with Gasteiger partial charge in [0, 0.05) is 12.6 Å². The molecule has 0 fully saturated rings. The van der Waals surface area contributed by atoms with Gasteiger partial charge in [-0.15, -0.1) is 0 Å². The standard InChI is InChI=1S/C16H20N2O2/c1-2-8-20-14-5-3-4-13(11-14)15(19)9-12-6-7-18-16(17)10-12/h3-7,10-11,15,19H,2,8-9H2,1H3,(H2,17,18). The molecular weight excluding hydrogens is 252 g/mol. The van der Waals surface area contributed by atoms with E-state index in [1.165, 1.54) is 0 Å². The van der Waals surface area contributed by atoms with Crippen LogP contribution in [-0.4, -0.2) is 16.7 Å². The highest BCUT2D eigenvalue weighted by molar-refractivity contribution is 5.34. The molecule has 0 bridgehead atoms. The number of pyridine rings is 1. The van der Waals surface area contributed by atoms with E-state index in [9.17, 15) is 5.11 Å². The van der Waals surface area contributed by atoms with Crippen molar-refractivity contribution in [1.82, 2.24) is 4.98 Å². The van der Waals surface area contributed by atoms with E-state index in [-0.39, 0.29) is 0 Å². The van der Waals surface area contributed by atoms with Crippen molar-refractivity contribution in [3.05, 3.63) is 53.7 Å². The lowest BCUT2D eigenvalue weighted by molar-refractivity contribution is 0.178. The smallest absolute Gasteiger partial charge is 0.123 e. The average Bonchev–Trinajstić information content (AvgIpc) is 2.45. The van der Waals surface area contributed by atoms with Crippen molar-refractivity contribution in [3.63, 3.8) is 0 Å². The summed E-state index contributed by atoms with van der Waals surface area (Å²) in [5.41, 5.74) is 7.44. The minimum Gasteiger partial charge on any atom is -0.494 e. The molecule has 0 aliphatic heterocycles. The van der Waals surface area contributed by atoms with Gasteiger partial charge in [0.05, 0.1) is 12.7 Å². The summed E-state index contributed by atoms with van der Waals surface area (Å²) in [4.78, 5) is 3.94. The van der Waals surface area contributed by atoms with Crippen molar-refractivity contribution in [2.75, 3.05) is 12.3 Å². The third-order valence-electron chi connectivity index (χ3n) is 2.99. The van der Waals surface area contributed by atoms with Gasteiger partial charge < -0.3 is 15.6 Å². The molecule has 1 aromatic carbocycles. The maximum absolute atomic E-state index is 10.3. The number of nitrogen functional groups attached to an aromatic ring is 1. The molecular formula is C16H20N2O2. The molecule has 20 heavy (non-hydrogen) atoms. The predicted molar refractivity (Wildman–Crippen MR) is 79.5 cm³/mol. The van der Waals surface area contributed by atoms with Gasteiger partial charge in [-0.1, -0.05) is 19.1 Å². The minimum absolute atomic E-state index is 0.467. The van der Waals surface area contributed by atoms with Crippen LogP contribution in [-0.2, 0) is 6.42 Å². The van der Waals surface area contributed by atoms with Crippen molar-refractivity contribution in [1.29, 1.82) is 0 Å².